The van der Waals surface area contributed by atoms with Crippen molar-refractivity contribution in [2.45, 2.75) is 30.8 Å². The molecule has 29 heavy (non-hydrogen) atoms. The van der Waals surface area contributed by atoms with Crippen molar-refractivity contribution in [3.8, 4) is 0 Å². The van der Waals surface area contributed by atoms with Gasteiger partial charge in [-0.05, 0) is 50.1 Å². The fourth-order valence-corrected chi connectivity index (χ4v) is 4.50. The lowest BCUT2D eigenvalue weighted by Crippen LogP contribution is -2.30. The molecule has 0 spiro atoms. The van der Waals surface area contributed by atoms with Crippen LogP contribution in [-0.4, -0.2) is 48.8 Å². The second-order valence-corrected chi connectivity index (χ2v) is 8.91. The molecular formula is C19H20ClN3O5S. The summed E-state index contributed by atoms with van der Waals surface area (Å²) in [5, 5.41) is 2.93. The fraction of sp³-hybridized carbons (Fsp3) is 0.316. The quantitative estimate of drug-likeness (QED) is 0.696. The molecule has 1 fully saturated rings. The highest BCUT2D eigenvalue weighted by molar-refractivity contribution is 7.89. The smallest absolute Gasteiger partial charge is 0.338 e. The minimum absolute atomic E-state index is 0.0244. The number of aromatic nitrogens is 1. The van der Waals surface area contributed by atoms with E-state index in [1.165, 1.54) is 47.8 Å². The molecule has 10 heteroatoms. The highest BCUT2D eigenvalue weighted by atomic mass is 35.5. The number of carbonyl (C=O) groups excluding carboxylic acids is 2. The topological polar surface area (TPSA) is 106 Å². The second kappa shape index (κ2) is 8.89. The van der Waals surface area contributed by atoms with Gasteiger partial charge in [0.05, 0.1) is 15.5 Å². The molecule has 2 aromatic rings. The highest BCUT2D eigenvalue weighted by Crippen LogP contribution is 2.22. The number of sulfonamides is 1. The third-order valence-electron chi connectivity index (χ3n) is 4.40. The zero-order valence-corrected chi connectivity index (χ0v) is 17.2. The number of hydrogen-bond acceptors (Lipinski definition) is 6. The maximum absolute atomic E-state index is 12.7. The van der Waals surface area contributed by atoms with Crippen LogP contribution in [0.2, 0.25) is 5.02 Å². The van der Waals surface area contributed by atoms with E-state index in [4.69, 9.17) is 16.3 Å². The predicted octanol–water partition coefficient (Wildman–Crippen LogP) is 2.70. The van der Waals surface area contributed by atoms with E-state index in [1.807, 2.05) is 0 Å². The Morgan fingerprint density at radius 1 is 1.21 bits per heavy atom. The Labute approximate surface area is 173 Å². The Balaban J connectivity index is 1.67. The van der Waals surface area contributed by atoms with E-state index in [2.05, 4.69) is 10.3 Å². The zero-order chi connectivity index (χ0) is 21.0. The SMILES string of the molecule is C[C@@H](OC(=O)c1cccc(S(=O)(=O)N2CCCC2)c1)C(=O)Nc1ccc(Cl)cn1. The number of esters is 1. The molecule has 1 N–H and O–H groups in total. The van der Waals surface area contributed by atoms with E-state index in [9.17, 15) is 18.0 Å². The summed E-state index contributed by atoms with van der Waals surface area (Å²) in [4.78, 5) is 28.6. The predicted molar refractivity (Wildman–Crippen MR) is 107 cm³/mol. The first-order valence-electron chi connectivity index (χ1n) is 9.01. The minimum Gasteiger partial charge on any atom is -0.449 e. The number of anilines is 1. The van der Waals surface area contributed by atoms with Crippen molar-refractivity contribution in [2.24, 2.45) is 0 Å². The van der Waals surface area contributed by atoms with Gasteiger partial charge in [-0.15, -0.1) is 0 Å². The van der Waals surface area contributed by atoms with E-state index in [-0.39, 0.29) is 16.3 Å². The molecule has 1 saturated heterocycles. The molecule has 8 nitrogen and oxygen atoms in total. The molecule has 1 aliphatic heterocycles. The van der Waals surface area contributed by atoms with Crippen LogP contribution in [0, 0.1) is 0 Å². The van der Waals surface area contributed by atoms with Gasteiger partial charge in [0.2, 0.25) is 10.0 Å². The van der Waals surface area contributed by atoms with Gasteiger partial charge in [-0.25, -0.2) is 18.2 Å². The Morgan fingerprint density at radius 3 is 2.59 bits per heavy atom. The van der Waals surface area contributed by atoms with Crippen molar-refractivity contribution in [2.75, 3.05) is 18.4 Å². The van der Waals surface area contributed by atoms with Crippen molar-refractivity contribution in [1.29, 1.82) is 0 Å². The maximum atomic E-state index is 12.7. The van der Waals surface area contributed by atoms with Gasteiger partial charge in [0, 0.05) is 19.3 Å². The Kier molecular flexibility index (Phi) is 6.51. The summed E-state index contributed by atoms with van der Waals surface area (Å²) in [7, 11) is -3.66. The molecule has 1 aromatic heterocycles. The highest BCUT2D eigenvalue weighted by Gasteiger charge is 2.28. The summed E-state index contributed by atoms with van der Waals surface area (Å²) in [6, 6.07) is 8.70. The monoisotopic (exact) mass is 437 g/mol. The van der Waals surface area contributed by atoms with Crippen LogP contribution < -0.4 is 5.32 Å². The number of carbonyl (C=O) groups is 2. The Bertz CT molecular complexity index is 1000. The summed E-state index contributed by atoms with van der Waals surface area (Å²) < 4.78 is 31.9. The lowest BCUT2D eigenvalue weighted by molar-refractivity contribution is -0.123. The lowest BCUT2D eigenvalue weighted by atomic mass is 10.2. The number of hydrogen-bond donors (Lipinski definition) is 1. The number of rotatable bonds is 6. The second-order valence-electron chi connectivity index (χ2n) is 6.54. The maximum Gasteiger partial charge on any atom is 0.338 e. The number of pyridine rings is 1. The van der Waals surface area contributed by atoms with E-state index >= 15 is 0 Å². The summed E-state index contributed by atoms with van der Waals surface area (Å²) >= 11 is 5.74. The van der Waals surface area contributed by atoms with Crippen molar-refractivity contribution >= 4 is 39.3 Å². The molecular weight excluding hydrogens is 418 g/mol. The van der Waals surface area contributed by atoms with Crippen LogP contribution in [0.3, 0.4) is 0 Å². The van der Waals surface area contributed by atoms with Gasteiger partial charge in [-0.2, -0.15) is 4.31 Å². The summed E-state index contributed by atoms with van der Waals surface area (Å²) in [5.74, 6) is -1.11. The van der Waals surface area contributed by atoms with Gasteiger partial charge in [-0.1, -0.05) is 17.7 Å². The van der Waals surface area contributed by atoms with Gasteiger partial charge in [0.1, 0.15) is 5.82 Å². The molecule has 1 aromatic carbocycles. The van der Waals surface area contributed by atoms with Crippen molar-refractivity contribution in [3.05, 3.63) is 53.2 Å². The Hall–Kier alpha value is -2.49. The van der Waals surface area contributed by atoms with Crippen LogP contribution in [0.25, 0.3) is 0 Å². The molecule has 1 atom stereocenters. The van der Waals surface area contributed by atoms with Crippen molar-refractivity contribution < 1.29 is 22.7 Å². The summed E-state index contributed by atoms with van der Waals surface area (Å²) in [6.07, 6.45) is 1.89. The number of ether oxygens (including phenoxy) is 1. The molecule has 1 aliphatic rings. The van der Waals surface area contributed by atoms with E-state index in [1.54, 1.807) is 6.07 Å². The number of benzene rings is 1. The van der Waals surface area contributed by atoms with E-state index in [0.29, 0.717) is 18.1 Å². The Morgan fingerprint density at radius 2 is 1.93 bits per heavy atom. The van der Waals surface area contributed by atoms with Gasteiger partial charge in [0.25, 0.3) is 5.91 Å². The average Bonchev–Trinajstić information content (AvgIpc) is 3.25. The zero-order valence-electron chi connectivity index (χ0n) is 15.7. The molecule has 154 valence electrons. The van der Waals surface area contributed by atoms with Crippen LogP contribution in [0.4, 0.5) is 5.82 Å². The summed E-state index contributed by atoms with van der Waals surface area (Å²) in [5.41, 5.74) is 0.0505. The average molecular weight is 438 g/mol. The fourth-order valence-electron chi connectivity index (χ4n) is 2.82. The number of amides is 1. The largest absolute Gasteiger partial charge is 0.449 e. The third kappa shape index (κ3) is 5.11. The van der Waals surface area contributed by atoms with Crippen LogP contribution in [0.1, 0.15) is 30.1 Å². The van der Waals surface area contributed by atoms with Crippen molar-refractivity contribution in [1.82, 2.24) is 9.29 Å². The van der Waals surface area contributed by atoms with Gasteiger partial charge in [0.15, 0.2) is 6.10 Å². The number of halogens is 1. The third-order valence-corrected chi connectivity index (χ3v) is 6.52. The standard InChI is InChI=1S/C19H20ClN3O5S/c1-13(18(24)22-17-8-7-15(20)12-21-17)28-19(25)14-5-4-6-16(11-14)29(26,27)23-9-2-3-10-23/h4-8,11-13H,2-3,9-10H2,1H3,(H,21,22,24)/t13-/m1/s1. The molecule has 1 amide bonds. The van der Waals surface area contributed by atoms with E-state index in [0.717, 1.165) is 12.8 Å². The van der Waals surface area contributed by atoms with Gasteiger partial charge in [-0.3, -0.25) is 4.79 Å². The first-order valence-corrected chi connectivity index (χ1v) is 10.8. The molecule has 0 unspecified atom stereocenters. The van der Waals surface area contributed by atoms with E-state index < -0.39 is 28.0 Å². The molecule has 0 radical (unpaired) electrons. The lowest BCUT2D eigenvalue weighted by Gasteiger charge is -2.16. The first kappa shape index (κ1) is 21.2. The molecule has 3 rings (SSSR count). The number of nitrogens with zero attached hydrogens (tertiary/aromatic N) is 2. The van der Waals surface area contributed by atoms with Crippen molar-refractivity contribution in [3.63, 3.8) is 0 Å². The molecule has 0 aliphatic carbocycles. The normalized spacial score (nSPS) is 15.7. The summed E-state index contributed by atoms with van der Waals surface area (Å²) in [6.45, 7) is 2.34. The minimum atomic E-state index is -3.66. The van der Waals surface area contributed by atoms with Crippen LogP contribution >= 0.6 is 11.6 Å². The van der Waals surface area contributed by atoms with Crippen LogP contribution in [0.5, 0.6) is 0 Å². The molecule has 0 bridgehead atoms. The number of nitrogens with one attached hydrogen (secondary N) is 1. The van der Waals surface area contributed by atoms with Gasteiger partial charge >= 0.3 is 5.97 Å². The molecule has 2 heterocycles. The molecule has 0 saturated carbocycles. The van der Waals surface area contributed by atoms with Crippen LogP contribution in [-0.2, 0) is 19.6 Å². The van der Waals surface area contributed by atoms with Gasteiger partial charge < -0.3 is 10.1 Å². The first-order chi connectivity index (χ1) is 13.8. The van der Waals surface area contributed by atoms with Crippen LogP contribution in [0.15, 0.2) is 47.5 Å².